The molecule has 0 bridgehead atoms. The Balaban J connectivity index is 3.46. The van der Waals surface area contributed by atoms with Crippen molar-refractivity contribution in [2.75, 3.05) is 0 Å². The Morgan fingerprint density at radius 2 is 2.10 bits per heavy atom. The summed E-state index contributed by atoms with van der Waals surface area (Å²) in [4.78, 5) is 3.08. The molecule has 0 atom stereocenters. The lowest BCUT2D eigenvalue weighted by Gasteiger charge is -1.99. The van der Waals surface area contributed by atoms with Crippen LogP contribution in [-0.2, 0) is 0 Å². The van der Waals surface area contributed by atoms with E-state index in [0.29, 0.717) is 5.02 Å². The quantitative estimate of drug-likeness (QED) is 0.597. The molecule has 0 aliphatic heterocycles. The normalized spacial score (nSPS) is 9.90. The lowest BCUT2D eigenvalue weighted by Crippen LogP contribution is -1.86. The first kappa shape index (κ1) is 7.76. The van der Waals surface area contributed by atoms with Gasteiger partial charge in [-0.1, -0.05) is 23.8 Å². The summed E-state index contributed by atoms with van der Waals surface area (Å²) in [5.41, 5.74) is 1.98. The van der Waals surface area contributed by atoms with Crippen LogP contribution in [0.25, 0.3) is 0 Å². The third-order valence-electron chi connectivity index (χ3n) is 1.28. The number of aromatic nitrogens is 1. The minimum atomic E-state index is 0.653. The molecular formula is C7H8ClNS. The highest BCUT2D eigenvalue weighted by Gasteiger charge is 1.96. The third-order valence-corrected chi connectivity index (χ3v) is 2.20. The third kappa shape index (κ3) is 1.39. The van der Waals surface area contributed by atoms with Gasteiger partial charge in [-0.25, -0.2) is 0 Å². The van der Waals surface area contributed by atoms with Gasteiger partial charge in [0.05, 0.1) is 9.53 Å². The largest absolute Gasteiger partial charge is 0.361 e. The maximum atomic E-state index is 5.81. The molecule has 10 heavy (non-hydrogen) atoms. The van der Waals surface area contributed by atoms with Crippen LogP contribution in [0.3, 0.4) is 0 Å². The zero-order valence-electron chi connectivity index (χ0n) is 5.86. The average Bonchev–Trinajstić information content (AvgIpc) is 1.82. The molecule has 0 amide bonds. The highest BCUT2D eigenvalue weighted by molar-refractivity contribution is 7.71. The molecule has 1 aromatic heterocycles. The molecule has 1 nitrogen and oxygen atoms in total. The second-order valence-corrected chi connectivity index (χ2v) is 3.07. The monoisotopic (exact) mass is 173 g/mol. The van der Waals surface area contributed by atoms with Crippen LogP contribution in [0.4, 0.5) is 0 Å². The highest BCUT2D eigenvalue weighted by Crippen LogP contribution is 2.14. The van der Waals surface area contributed by atoms with Crippen molar-refractivity contribution in [2.45, 2.75) is 13.8 Å². The van der Waals surface area contributed by atoms with Crippen molar-refractivity contribution in [3.63, 3.8) is 0 Å². The average molecular weight is 174 g/mol. The van der Waals surface area contributed by atoms with Crippen molar-refractivity contribution in [2.24, 2.45) is 0 Å². The van der Waals surface area contributed by atoms with Crippen LogP contribution in [0.2, 0.25) is 5.02 Å². The lowest BCUT2D eigenvalue weighted by atomic mass is 10.3. The van der Waals surface area contributed by atoms with Gasteiger partial charge >= 0.3 is 0 Å². The van der Waals surface area contributed by atoms with Crippen LogP contribution in [-0.4, -0.2) is 4.98 Å². The van der Waals surface area contributed by atoms with Crippen LogP contribution < -0.4 is 0 Å². The molecule has 0 radical (unpaired) electrons. The Hall–Kier alpha value is -0.340. The summed E-state index contributed by atoms with van der Waals surface area (Å²) in [7, 11) is 0. The van der Waals surface area contributed by atoms with Crippen LogP contribution >= 0.6 is 23.8 Å². The molecule has 1 heterocycles. The first-order chi connectivity index (χ1) is 4.61. The second-order valence-electron chi connectivity index (χ2n) is 2.26. The van der Waals surface area contributed by atoms with Gasteiger partial charge in [-0.05, 0) is 19.9 Å². The van der Waals surface area contributed by atoms with E-state index in [1.807, 2.05) is 19.9 Å². The van der Waals surface area contributed by atoms with Crippen LogP contribution in [0.1, 0.15) is 11.4 Å². The van der Waals surface area contributed by atoms with Gasteiger partial charge in [0, 0.05) is 11.4 Å². The van der Waals surface area contributed by atoms with Gasteiger partial charge in [-0.15, -0.1) is 0 Å². The summed E-state index contributed by atoms with van der Waals surface area (Å²) in [6.07, 6.45) is 0. The number of pyridine rings is 1. The van der Waals surface area contributed by atoms with Gasteiger partial charge in [-0.2, -0.15) is 0 Å². The number of H-pyrrole nitrogens is 1. The van der Waals surface area contributed by atoms with Gasteiger partial charge < -0.3 is 4.98 Å². The minimum Gasteiger partial charge on any atom is -0.361 e. The summed E-state index contributed by atoms with van der Waals surface area (Å²) in [5.74, 6) is 0. The zero-order valence-corrected chi connectivity index (χ0v) is 7.44. The molecule has 0 saturated carbocycles. The number of rotatable bonds is 0. The molecular weight excluding hydrogens is 166 g/mol. The van der Waals surface area contributed by atoms with Crippen molar-refractivity contribution in [1.82, 2.24) is 4.98 Å². The van der Waals surface area contributed by atoms with Gasteiger partial charge in [0.2, 0.25) is 0 Å². The number of aryl methyl sites for hydroxylation is 2. The fourth-order valence-electron chi connectivity index (χ4n) is 0.832. The van der Waals surface area contributed by atoms with Gasteiger partial charge in [-0.3, -0.25) is 0 Å². The van der Waals surface area contributed by atoms with Gasteiger partial charge in [0.25, 0.3) is 0 Å². The summed E-state index contributed by atoms with van der Waals surface area (Å²) >= 11 is 10.8. The Kier molecular flexibility index (Phi) is 2.11. The van der Waals surface area contributed by atoms with Gasteiger partial charge in [0.1, 0.15) is 0 Å². The van der Waals surface area contributed by atoms with Gasteiger partial charge in [0.15, 0.2) is 0 Å². The van der Waals surface area contributed by atoms with Crippen molar-refractivity contribution in [1.29, 1.82) is 0 Å². The molecule has 0 spiro atoms. The molecule has 0 unspecified atom stereocenters. The van der Waals surface area contributed by atoms with E-state index in [2.05, 4.69) is 4.98 Å². The number of nitrogens with one attached hydrogen (secondary N) is 1. The molecule has 0 aliphatic carbocycles. The first-order valence-corrected chi connectivity index (χ1v) is 3.76. The van der Waals surface area contributed by atoms with E-state index in [1.165, 1.54) is 0 Å². The van der Waals surface area contributed by atoms with E-state index in [0.717, 1.165) is 15.9 Å². The summed E-state index contributed by atoms with van der Waals surface area (Å²) in [5, 5.41) is 0.653. The fraction of sp³-hybridized carbons (Fsp3) is 0.286. The van der Waals surface area contributed by atoms with E-state index in [1.54, 1.807) is 0 Å². The minimum absolute atomic E-state index is 0.653. The topological polar surface area (TPSA) is 15.8 Å². The second kappa shape index (κ2) is 2.72. The van der Waals surface area contributed by atoms with Crippen LogP contribution in [0.5, 0.6) is 0 Å². The standard InChI is InChI=1S/C7H8ClNS/c1-4-3-6(10)7(8)5(2)9-4/h3H,1-2H3,(H,9,10). The fourth-order valence-corrected chi connectivity index (χ4v) is 1.26. The SMILES string of the molecule is Cc1cc(=S)c(Cl)c(C)[nH]1. The molecule has 1 aromatic rings. The summed E-state index contributed by atoms with van der Waals surface area (Å²) < 4.78 is 0.718. The molecule has 3 heteroatoms. The molecule has 0 aromatic carbocycles. The predicted octanol–water partition coefficient (Wildman–Crippen LogP) is 3.01. The lowest BCUT2D eigenvalue weighted by molar-refractivity contribution is 1.12. The Morgan fingerprint density at radius 3 is 2.60 bits per heavy atom. The Labute approximate surface area is 70.0 Å². The smallest absolute Gasteiger partial charge is 0.0776 e. The van der Waals surface area contributed by atoms with E-state index in [-0.39, 0.29) is 0 Å². The van der Waals surface area contributed by atoms with Crippen LogP contribution in [0, 0.1) is 18.4 Å². The van der Waals surface area contributed by atoms with E-state index >= 15 is 0 Å². The Morgan fingerprint density at radius 1 is 1.50 bits per heavy atom. The first-order valence-electron chi connectivity index (χ1n) is 2.97. The molecule has 0 saturated heterocycles. The van der Waals surface area contributed by atoms with E-state index in [4.69, 9.17) is 23.8 Å². The summed E-state index contributed by atoms with van der Waals surface area (Å²) in [6, 6.07) is 1.85. The number of aromatic amines is 1. The number of hydrogen-bond acceptors (Lipinski definition) is 1. The Bertz CT molecular complexity index is 303. The molecule has 1 rings (SSSR count). The maximum Gasteiger partial charge on any atom is 0.0776 e. The van der Waals surface area contributed by atoms with Crippen LogP contribution in [0.15, 0.2) is 6.07 Å². The van der Waals surface area contributed by atoms with Crippen molar-refractivity contribution < 1.29 is 0 Å². The van der Waals surface area contributed by atoms with Crippen molar-refractivity contribution in [3.8, 4) is 0 Å². The van der Waals surface area contributed by atoms with E-state index in [9.17, 15) is 0 Å². The van der Waals surface area contributed by atoms with E-state index < -0.39 is 0 Å². The van der Waals surface area contributed by atoms with Crippen molar-refractivity contribution >= 4 is 23.8 Å². The van der Waals surface area contributed by atoms with Crippen molar-refractivity contribution in [3.05, 3.63) is 27.0 Å². The molecule has 0 aliphatic rings. The number of halogens is 1. The highest BCUT2D eigenvalue weighted by atomic mass is 35.5. The predicted molar refractivity (Wildman–Crippen MR) is 46.1 cm³/mol. The zero-order chi connectivity index (χ0) is 7.72. The molecule has 1 N–H and O–H groups in total. The maximum absolute atomic E-state index is 5.81. The molecule has 0 fully saturated rings. The molecule has 54 valence electrons. The summed E-state index contributed by atoms with van der Waals surface area (Å²) in [6.45, 7) is 3.87. The number of hydrogen-bond donors (Lipinski definition) is 1.